The van der Waals surface area contributed by atoms with Crippen molar-refractivity contribution in [3.8, 4) is 0 Å². The molecule has 0 unspecified atom stereocenters. The van der Waals surface area contributed by atoms with Crippen LogP contribution in [0.15, 0.2) is 24.3 Å². The highest BCUT2D eigenvalue weighted by Crippen LogP contribution is 2.20. The zero-order valence-electron chi connectivity index (χ0n) is 10.2. The van der Waals surface area contributed by atoms with E-state index in [0.29, 0.717) is 21.4 Å². The minimum atomic E-state index is -0.105. The summed E-state index contributed by atoms with van der Waals surface area (Å²) < 4.78 is 0. The molecule has 0 fully saturated rings. The molecule has 0 radical (unpaired) electrons. The molecule has 2 rings (SSSR count). The molecule has 0 aliphatic heterocycles. The molecule has 18 heavy (non-hydrogen) atoms. The lowest BCUT2D eigenvalue weighted by Crippen LogP contribution is -2.11. The Kier molecular flexibility index (Phi) is 3.99. The number of pyridine rings is 1. The van der Waals surface area contributed by atoms with E-state index >= 15 is 0 Å². The van der Waals surface area contributed by atoms with Crippen molar-refractivity contribution in [2.45, 2.75) is 20.3 Å². The van der Waals surface area contributed by atoms with Crippen LogP contribution >= 0.6 is 22.9 Å². The van der Waals surface area contributed by atoms with Crippen molar-refractivity contribution in [2.24, 2.45) is 0 Å². The van der Waals surface area contributed by atoms with E-state index in [-0.39, 0.29) is 5.91 Å². The molecule has 94 valence electrons. The number of amides is 1. The molecule has 0 bridgehead atoms. The summed E-state index contributed by atoms with van der Waals surface area (Å²) in [6.45, 7) is 3.88. The maximum atomic E-state index is 12.0. The third kappa shape index (κ3) is 2.89. The van der Waals surface area contributed by atoms with E-state index in [4.69, 9.17) is 11.6 Å². The second-order valence-electron chi connectivity index (χ2n) is 3.84. The number of aromatic nitrogens is 1. The zero-order valence-corrected chi connectivity index (χ0v) is 11.7. The van der Waals surface area contributed by atoms with Crippen LogP contribution < -0.4 is 5.32 Å². The normalized spacial score (nSPS) is 10.4. The largest absolute Gasteiger partial charge is 0.320 e. The van der Waals surface area contributed by atoms with Gasteiger partial charge in [-0.25, -0.2) is 4.98 Å². The molecule has 0 saturated carbocycles. The van der Waals surface area contributed by atoms with Crippen LogP contribution in [0.3, 0.4) is 0 Å². The fourth-order valence-electron chi connectivity index (χ4n) is 1.54. The average Bonchev–Trinajstić information content (AvgIpc) is 2.81. The lowest BCUT2D eigenvalue weighted by atomic mass is 10.3. The van der Waals surface area contributed by atoms with Gasteiger partial charge < -0.3 is 5.32 Å². The SMILES string of the molecule is CCc1ccc(C(=O)Nc2ccc(Cl)nc2C)s1. The lowest BCUT2D eigenvalue weighted by Gasteiger charge is -2.06. The summed E-state index contributed by atoms with van der Waals surface area (Å²) in [5, 5.41) is 3.27. The van der Waals surface area contributed by atoms with Crippen LogP contribution in [0.4, 0.5) is 5.69 Å². The van der Waals surface area contributed by atoms with Crippen LogP contribution in [0.25, 0.3) is 0 Å². The van der Waals surface area contributed by atoms with Crippen molar-refractivity contribution < 1.29 is 4.79 Å². The van der Waals surface area contributed by atoms with Gasteiger partial charge in [-0.3, -0.25) is 4.79 Å². The standard InChI is InChI=1S/C13H13ClN2OS/c1-3-9-4-6-11(18-9)13(17)16-10-5-7-12(14)15-8(10)2/h4-7H,3H2,1-2H3,(H,16,17). The van der Waals surface area contributed by atoms with Crippen LogP contribution in [-0.4, -0.2) is 10.9 Å². The first-order valence-electron chi connectivity index (χ1n) is 5.63. The maximum absolute atomic E-state index is 12.0. The quantitative estimate of drug-likeness (QED) is 0.866. The fourth-order valence-corrected chi connectivity index (χ4v) is 2.57. The van der Waals surface area contributed by atoms with Gasteiger partial charge in [-0.2, -0.15) is 0 Å². The second-order valence-corrected chi connectivity index (χ2v) is 5.40. The first-order valence-corrected chi connectivity index (χ1v) is 6.83. The minimum Gasteiger partial charge on any atom is -0.320 e. The van der Waals surface area contributed by atoms with Crippen molar-refractivity contribution in [1.82, 2.24) is 4.98 Å². The Bertz CT molecular complexity index is 580. The van der Waals surface area contributed by atoms with Crippen LogP contribution in [0.1, 0.15) is 27.2 Å². The summed E-state index contributed by atoms with van der Waals surface area (Å²) in [5.41, 5.74) is 1.40. The topological polar surface area (TPSA) is 42.0 Å². The number of halogens is 1. The van der Waals surface area contributed by atoms with E-state index in [9.17, 15) is 4.79 Å². The Labute approximate surface area is 115 Å². The molecule has 0 saturated heterocycles. The maximum Gasteiger partial charge on any atom is 0.265 e. The van der Waals surface area contributed by atoms with E-state index in [2.05, 4.69) is 17.2 Å². The van der Waals surface area contributed by atoms with Gasteiger partial charge in [0, 0.05) is 4.88 Å². The van der Waals surface area contributed by atoms with Crippen LogP contribution in [0, 0.1) is 6.92 Å². The van der Waals surface area contributed by atoms with Crippen LogP contribution in [0.5, 0.6) is 0 Å². The number of hydrogen-bond acceptors (Lipinski definition) is 3. The highest BCUT2D eigenvalue weighted by molar-refractivity contribution is 7.14. The number of anilines is 1. The molecule has 2 aromatic rings. The Morgan fingerprint density at radius 2 is 2.17 bits per heavy atom. The van der Waals surface area contributed by atoms with Crippen molar-refractivity contribution in [3.63, 3.8) is 0 Å². The van der Waals surface area contributed by atoms with Gasteiger partial charge in [0.15, 0.2) is 0 Å². The fraction of sp³-hybridized carbons (Fsp3) is 0.231. The Morgan fingerprint density at radius 1 is 1.39 bits per heavy atom. The number of carbonyl (C=O) groups excluding carboxylic acids is 1. The van der Waals surface area contributed by atoms with Gasteiger partial charge in [0.2, 0.25) is 0 Å². The van der Waals surface area contributed by atoms with Crippen molar-refractivity contribution in [2.75, 3.05) is 5.32 Å². The summed E-state index contributed by atoms with van der Waals surface area (Å²) in [7, 11) is 0. The number of nitrogens with zero attached hydrogens (tertiary/aromatic N) is 1. The number of rotatable bonds is 3. The third-order valence-electron chi connectivity index (χ3n) is 2.53. The van der Waals surface area contributed by atoms with Gasteiger partial charge in [-0.15, -0.1) is 11.3 Å². The molecule has 0 aliphatic rings. The molecule has 1 N–H and O–H groups in total. The van der Waals surface area contributed by atoms with Gasteiger partial charge in [-0.1, -0.05) is 18.5 Å². The lowest BCUT2D eigenvalue weighted by molar-refractivity contribution is 0.103. The highest BCUT2D eigenvalue weighted by atomic mass is 35.5. The molecule has 5 heteroatoms. The summed E-state index contributed by atoms with van der Waals surface area (Å²) >= 11 is 7.28. The number of hydrogen-bond donors (Lipinski definition) is 1. The molecule has 3 nitrogen and oxygen atoms in total. The molecule has 1 amide bonds. The van der Waals surface area contributed by atoms with E-state index in [1.807, 2.05) is 19.1 Å². The molecule has 0 aliphatic carbocycles. The Hall–Kier alpha value is -1.39. The van der Waals surface area contributed by atoms with Crippen LogP contribution in [-0.2, 0) is 6.42 Å². The molecule has 0 aromatic carbocycles. The number of carbonyl (C=O) groups is 1. The third-order valence-corrected chi connectivity index (χ3v) is 3.97. The summed E-state index contributed by atoms with van der Waals surface area (Å²) in [6.07, 6.45) is 0.944. The van der Waals surface area contributed by atoms with Gasteiger partial charge in [-0.05, 0) is 37.6 Å². The van der Waals surface area contributed by atoms with Crippen LogP contribution in [0.2, 0.25) is 5.15 Å². The molecule has 0 atom stereocenters. The molecular weight excluding hydrogens is 268 g/mol. The van der Waals surface area contributed by atoms with Gasteiger partial charge in [0.1, 0.15) is 5.15 Å². The van der Waals surface area contributed by atoms with Gasteiger partial charge in [0.05, 0.1) is 16.3 Å². The highest BCUT2D eigenvalue weighted by Gasteiger charge is 2.10. The number of thiophene rings is 1. The molecular formula is C13H13ClN2OS. The minimum absolute atomic E-state index is 0.105. The first kappa shape index (κ1) is 13.1. The average molecular weight is 281 g/mol. The van der Waals surface area contributed by atoms with Crippen molar-refractivity contribution in [1.29, 1.82) is 0 Å². The first-order chi connectivity index (χ1) is 8.60. The summed E-state index contributed by atoms with van der Waals surface area (Å²) in [5.74, 6) is -0.105. The van der Waals surface area contributed by atoms with Crippen molar-refractivity contribution >= 4 is 34.5 Å². The zero-order chi connectivity index (χ0) is 13.1. The monoisotopic (exact) mass is 280 g/mol. The molecule has 0 spiro atoms. The summed E-state index contributed by atoms with van der Waals surface area (Å²) in [6, 6.07) is 7.25. The number of nitrogens with one attached hydrogen (secondary N) is 1. The van der Waals surface area contributed by atoms with E-state index in [1.165, 1.54) is 16.2 Å². The number of aryl methyl sites for hydroxylation is 2. The van der Waals surface area contributed by atoms with Gasteiger partial charge in [0.25, 0.3) is 5.91 Å². The molecule has 2 aromatic heterocycles. The van der Waals surface area contributed by atoms with E-state index in [0.717, 1.165) is 6.42 Å². The smallest absolute Gasteiger partial charge is 0.265 e. The second kappa shape index (κ2) is 5.50. The van der Waals surface area contributed by atoms with E-state index < -0.39 is 0 Å². The summed E-state index contributed by atoms with van der Waals surface area (Å²) in [4.78, 5) is 18.0. The molecule has 2 heterocycles. The van der Waals surface area contributed by atoms with E-state index in [1.54, 1.807) is 12.1 Å². The Morgan fingerprint density at radius 3 is 2.78 bits per heavy atom. The van der Waals surface area contributed by atoms with Gasteiger partial charge >= 0.3 is 0 Å². The predicted molar refractivity (Wildman–Crippen MR) is 75.6 cm³/mol. The predicted octanol–water partition coefficient (Wildman–Crippen LogP) is 3.92. The Balaban J connectivity index is 2.16. The van der Waals surface area contributed by atoms with Crippen molar-refractivity contribution in [3.05, 3.63) is 44.9 Å².